The van der Waals surface area contributed by atoms with Gasteiger partial charge < -0.3 is 10.0 Å². The van der Waals surface area contributed by atoms with Gasteiger partial charge in [-0.05, 0) is 35.4 Å². The summed E-state index contributed by atoms with van der Waals surface area (Å²) in [5.41, 5.74) is 2.47. The molecule has 1 N–H and O–H groups in total. The highest BCUT2D eigenvalue weighted by molar-refractivity contribution is 7.17. The first-order valence-corrected chi connectivity index (χ1v) is 8.49. The van der Waals surface area contributed by atoms with Gasteiger partial charge in [0, 0.05) is 18.5 Å². The van der Waals surface area contributed by atoms with E-state index in [9.17, 15) is 9.90 Å². The van der Waals surface area contributed by atoms with E-state index in [1.807, 2.05) is 30.3 Å². The van der Waals surface area contributed by atoms with Gasteiger partial charge in [0.25, 0.3) is 5.91 Å². The molecule has 0 saturated heterocycles. The van der Waals surface area contributed by atoms with E-state index >= 15 is 0 Å². The topological polar surface area (TPSA) is 44.9 Å². The summed E-state index contributed by atoms with van der Waals surface area (Å²) < 4.78 is 0. The highest BCUT2D eigenvalue weighted by atomic mass is 32.1. The molecule has 0 unspecified atom stereocenters. The first kappa shape index (κ1) is 16.7. The van der Waals surface area contributed by atoms with Crippen molar-refractivity contribution in [2.75, 3.05) is 7.05 Å². The minimum Gasteiger partial charge on any atom is -0.508 e. The predicted octanol–water partition coefficient (Wildman–Crippen LogP) is 4.94. The molecule has 3 aromatic rings. The summed E-state index contributed by atoms with van der Waals surface area (Å²) >= 11 is 1.43. The third kappa shape index (κ3) is 3.87. The van der Waals surface area contributed by atoms with Crippen LogP contribution in [0.15, 0.2) is 60.7 Å². The second-order valence-electron chi connectivity index (χ2n) is 5.65. The molecule has 25 heavy (non-hydrogen) atoms. The fourth-order valence-electron chi connectivity index (χ4n) is 2.50. The zero-order chi connectivity index (χ0) is 17.8. The summed E-state index contributed by atoms with van der Waals surface area (Å²) in [4.78, 5) is 19.3. The Balaban J connectivity index is 1.74. The average Bonchev–Trinajstić information content (AvgIpc) is 3.11. The number of thiophene rings is 1. The SMILES string of the molecule is [C-]#[N+]c1ccc(-c2ccc(C(=O)N(C)Cc3cccc(O)c3)s2)cc1. The van der Waals surface area contributed by atoms with Gasteiger partial charge in [0.1, 0.15) is 5.75 Å². The first-order valence-electron chi connectivity index (χ1n) is 7.68. The second-order valence-corrected chi connectivity index (χ2v) is 6.74. The third-order valence-electron chi connectivity index (χ3n) is 3.77. The Kier molecular flexibility index (Phi) is 4.82. The maximum Gasteiger partial charge on any atom is 0.263 e. The van der Waals surface area contributed by atoms with E-state index in [0.717, 1.165) is 16.0 Å². The van der Waals surface area contributed by atoms with Gasteiger partial charge in [0.15, 0.2) is 5.69 Å². The molecule has 0 saturated carbocycles. The number of hydrogen-bond donors (Lipinski definition) is 1. The summed E-state index contributed by atoms with van der Waals surface area (Å²) in [5, 5.41) is 9.53. The number of phenols is 1. The summed E-state index contributed by atoms with van der Waals surface area (Å²) in [6.07, 6.45) is 0. The summed E-state index contributed by atoms with van der Waals surface area (Å²) in [5.74, 6) is 0.136. The number of phenolic OH excluding ortho intramolecular Hbond substituents is 1. The molecule has 0 spiro atoms. The van der Waals surface area contributed by atoms with Gasteiger partial charge in [0.2, 0.25) is 0 Å². The average molecular weight is 348 g/mol. The third-order valence-corrected chi connectivity index (χ3v) is 4.90. The molecule has 0 aliphatic heterocycles. The van der Waals surface area contributed by atoms with Crippen molar-refractivity contribution >= 4 is 22.9 Å². The van der Waals surface area contributed by atoms with Gasteiger partial charge in [-0.15, -0.1) is 11.3 Å². The maximum atomic E-state index is 12.6. The van der Waals surface area contributed by atoms with Crippen LogP contribution in [0.4, 0.5) is 5.69 Å². The molecule has 124 valence electrons. The zero-order valence-electron chi connectivity index (χ0n) is 13.6. The van der Waals surface area contributed by atoms with Crippen LogP contribution in [-0.2, 0) is 6.54 Å². The van der Waals surface area contributed by atoms with Crippen molar-refractivity contribution in [3.8, 4) is 16.2 Å². The van der Waals surface area contributed by atoms with E-state index in [1.54, 1.807) is 42.3 Å². The maximum absolute atomic E-state index is 12.6. The Morgan fingerprint density at radius 1 is 1.16 bits per heavy atom. The molecule has 0 radical (unpaired) electrons. The van der Waals surface area contributed by atoms with Gasteiger partial charge in [0.05, 0.1) is 11.4 Å². The lowest BCUT2D eigenvalue weighted by Gasteiger charge is -2.16. The molecule has 4 nitrogen and oxygen atoms in total. The van der Waals surface area contributed by atoms with Gasteiger partial charge in [-0.3, -0.25) is 4.79 Å². The van der Waals surface area contributed by atoms with Crippen molar-refractivity contribution in [1.29, 1.82) is 0 Å². The van der Waals surface area contributed by atoms with Gasteiger partial charge in [-0.2, -0.15) is 0 Å². The molecular formula is C20H16N2O2S. The smallest absolute Gasteiger partial charge is 0.263 e. The van der Waals surface area contributed by atoms with E-state index in [1.165, 1.54) is 11.3 Å². The molecule has 0 aliphatic carbocycles. The Hall–Kier alpha value is -3.10. The van der Waals surface area contributed by atoms with Gasteiger partial charge >= 0.3 is 0 Å². The molecule has 1 amide bonds. The van der Waals surface area contributed by atoms with Gasteiger partial charge in [-0.25, -0.2) is 4.85 Å². The van der Waals surface area contributed by atoms with Crippen molar-refractivity contribution in [2.24, 2.45) is 0 Å². The van der Waals surface area contributed by atoms with E-state index in [-0.39, 0.29) is 11.7 Å². The molecule has 2 aromatic carbocycles. The molecule has 0 aliphatic rings. The predicted molar refractivity (Wildman–Crippen MR) is 99.9 cm³/mol. The summed E-state index contributed by atoms with van der Waals surface area (Å²) in [6, 6.07) is 18.0. The molecule has 1 heterocycles. The molecular weight excluding hydrogens is 332 g/mol. The molecule has 0 fully saturated rings. The number of aromatic hydroxyl groups is 1. The Morgan fingerprint density at radius 3 is 2.60 bits per heavy atom. The van der Waals surface area contributed by atoms with Crippen LogP contribution < -0.4 is 0 Å². The number of carbonyl (C=O) groups excluding carboxylic acids is 1. The standard InChI is InChI=1S/C20H16N2O2S/c1-21-16-8-6-15(7-9-16)18-10-11-19(25-18)20(24)22(2)13-14-4-3-5-17(23)12-14/h3-12,23H,13H2,2H3. The Morgan fingerprint density at radius 2 is 1.92 bits per heavy atom. The summed E-state index contributed by atoms with van der Waals surface area (Å²) in [6.45, 7) is 7.42. The molecule has 0 bridgehead atoms. The lowest BCUT2D eigenvalue weighted by molar-refractivity contribution is 0.0789. The monoisotopic (exact) mass is 348 g/mol. The largest absolute Gasteiger partial charge is 0.508 e. The number of amides is 1. The van der Waals surface area contributed by atoms with Gasteiger partial charge in [-0.1, -0.05) is 36.4 Å². The normalized spacial score (nSPS) is 10.2. The van der Waals surface area contributed by atoms with Crippen molar-refractivity contribution in [3.05, 3.63) is 82.5 Å². The van der Waals surface area contributed by atoms with Crippen LogP contribution in [0, 0.1) is 6.57 Å². The Bertz CT molecular complexity index is 939. The zero-order valence-corrected chi connectivity index (χ0v) is 14.5. The van der Waals surface area contributed by atoms with Crippen LogP contribution in [0.1, 0.15) is 15.2 Å². The molecule has 0 atom stereocenters. The number of benzene rings is 2. The van der Waals surface area contributed by atoms with Crippen molar-refractivity contribution < 1.29 is 9.90 Å². The lowest BCUT2D eigenvalue weighted by atomic mass is 10.2. The second kappa shape index (κ2) is 7.20. The summed E-state index contributed by atoms with van der Waals surface area (Å²) in [7, 11) is 1.75. The van der Waals surface area contributed by atoms with E-state index < -0.39 is 0 Å². The van der Waals surface area contributed by atoms with Crippen LogP contribution in [0.5, 0.6) is 5.75 Å². The van der Waals surface area contributed by atoms with Crippen LogP contribution in [0.25, 0.3) is 15.3 Å². The van der Waals surface area contributed by atoms with E-state index in [4.69, 9.17) is 6.57 Å². The van der Waals surface area contributed by atoms with E-state index in [0.29, 0.717) is 17.1 Å². The van der Waals surface area contributed by atoms with Crippen LogP contribution in [0.3, 0.4) is 0 Å². The van der Waals surface area contributed by atoms with Crippen LogP contribution in [-0.4, -0.2) is 23.0 Å². The van der Waals surface area contributed by atoms with Crippen LogP contribution >= 0.6 is 11.3 Å². The fourth-order valence-corrected chi connectivity index (χ4v) is 3.50. The van der Waals surface area contributed by atoms with E-state index in [2.05, 4.69) is 4.85 Å². The molecule has 1 aromatic heterocycles. The highest BCUT2D eigenvalue weighted by Gasteiger charge is 2.15. The van der Waals surface area contributed by atoms with Crippen LogP contribution in [0.2, 0.25) is 0 Å². The lowest BCUT2D eigenvalue weighted by Crippen LogP contribution is -2.25. The first-order chi connectivity index (χ1) is 12.1. The van der Waals surface area contributed by atoms with Crippen molar-refractivity contribution in [3.63, 3.8) is 0 Å². The minimum atomic E-state index is -0.0580. The number of hydrogen-bond acceptors (Lipinski definition) is 3. The number of nitrogens with zero attached hydrogens (tertiary/aromatic N) is 2. The van der Waals surface area contributed by atoms with Crippen molar-refractivity contribution in [1.82, 2.24) is 4.90 Å². The highest BCUT2D eigenvalue weighted by Crippen LogP contribution is 2.30. The number of rotatable bonds is 4. The molecule has 3 rings (SSSR count). The molecule has 5 heteroatoms. The van der Waals surface area contributed by atoms with Crippen molar-refractivity contribution in [2.45, 2.75) is 6.54 Å². The number of carbonyl (C=O) groups is 1. The Labute approximate surface area is 150 Å². The quantitative estimate of drug-likeness (QED) is 0.679. The minimum absolute atomic E-state index is 0.0580. The fraction of sp³-hybridized carbons (Fsp3) is 0.100.